The van der Waals surface area contributed by atoms with Crippen molar-refractivity contribution in [3.63, 3.8) is 0 Å². The van der Waals surface area contributed by atoms with E-state index in [-0.39, 0.29) is 0 Å². The van der Waals surface area contributed by atoms with E-state index in [4.69, 9.17) is 8.85 Å². The molecule has 0 N–H and O–H groups in total. The Kier molecular flexibility index (Phi) is 7.48. The number of hydrogen-bond donors (Lipinski definition) is 0. The minimum atomic E-state index is -2.67. The van der Waals surface area contributed by atoms with Crippen molar-refractivity contribution in [3.8, 4) is 0 Å². The summed E-state index contributed by atoms with van der Waals surface area (Å²) in [7, 11) is -2.67. The maximum Gasteiger partial charge on any atom is 0.407 e. The van der Waals surface area contributed by atoms with Crippen LogP contribution in [-0.4, -0.2) is 21.3 Å². The zero-order valence-electron chi connectivity index (χ0n) is 16.0. The monoisotopic (exact) mass is 368 g/mol. The van der Waals surface area contributed by atoms with Crippen molar-refractivity contribution >= 4 is 18.9 Å². The zero-order valence-corrected chi connectivity index (χ0v) is 17.0. The fourth-order valence-electron chi connectivity index (χ4n) is 3.80. The first-order valence-electron chi connectivity index (χ1n) is 10.3. The highest BCUT2D eigenvalue weighted by Gasteiger charge is 2.45. The summed E-state index contributed by atoms with van der Waals surface area (Å²) in [5, 5.41) is 2.46. The molecule has 0 spiro atoms. The number of hydrogen-bond acceptors (Lipinski definition) is 2. The van der Waals surface area contributed by atoms with E-state index in [1.54, 1.807) is 0 Å². The van der Waals surface area contributed by atoms with Gasteiger partial charge in [0, 0.05) is 12.7 Å². The molecule has 0 unspecified atom stereocenters. The third kappa shape index (κ3) is 4.85. The van der Waals surface area contributed by atoms with Crippen LogP contribution in [0.25, 0.3) is 0 Å². The Morgan fingerprint density at radius 3 is 1.92 bits per heavy atom. The lowest BCUT2D eigenvalue weighted by Gasteiger charge is -2.34. The minimum Gasteiger partial charge on any atom is -0.388 e. The van der Waals surface area contributed by atoms with Crippen LogP contribution >= 0.6 is 0 Å². The first kappa shape index (κ1) is 19.3. The van der Waals surface area contributed by atoms with Crippen molar-refractivity contribution in [2.75, 3.05) is 6.61 Å². The van der Waals surface area contributed by atoms with Crippen molar-refractivity contribution in [2.24, 2.45) is 0 Å². The average molecular weight is 369 g/mol. The van der Waals surface area contributed by atoms with Crippen LogP contribution in [0.5, 0.6) is 0 Å². The Morgan fingerprint density at radius 2 is 1.38 bits per heavy atom. The first-order valence-corrected chi connectivity index (χ1v) is 12.1. The highest BCUT2D eigenvalue weighted by Crippen LogP contribution is 2.25. The van der Waals surface area contributed by atoms with Gasteiger partial charge >= 0.3 is 8.56 Å². The maximum atomic E-state index is 6.89. The third-order valence-corrected chi connectivity index (χ3v) is 8.71. The molecule has 0 saturated heterocycles. The van der Waals surface area contributed by atoms with Crippen LogP contribution in [0.1, 0.15) is 58.3 Å². The zero-order chi connectivity index (χ0) is 18.1. The maximum absolute atomic E-state index is 6.89. The smallest absolute Gasteiger partial charge is 0.388 e. The lowest BCUT2D eigenvalue weighted by Crippen LogP contribution is -2.64. The Labute approximate surface area is 159 Å². The molecule has 26 heavy (non-hydrogen) atoms. The van der Waals surface area contributed by atoms with Crippen LogP contribution in [0.3, 0.4) is 0 Å². The van der Waals surface area contributed by atoms with Gasteiger partial charge in [0.15, 0.2) is 0 Å². The van der Waals surface area contributed by atoms with Crippen molar-refractivity contribution < 1.29 is 8.85 Å². The molecule has 0 aromatic heterocycles. The Hall–Kier alpha value is -1.42. The molecule has 2 aromatic rings. The fraction of sp³-hybridized carbons (Fsp3) is 0.478. The van der Waals surface area contributed by atoms with Gasteiger partial charge in [0.05, 0.1) is 0 Å². The van der Waals surface area contributed by atoms with E-state index in [9.17, 15) is 0 Å². The van der Waals surface area contributed by atoms with E-state index in [0.717, 1.165) is 25.9 Å². The molecule has 1 saturated carbocycles. The average Bonchev–Trinajstić information content (AvgIpc) is 3.21. The number of rotatable bonds is 10. The molecule has 1 aliphatic rings. The second-order valence-electron chi connectivity index (χ2n) is 7.28. The van der Waals surface area contributed by atoms with Crippen LogP contribution < -0.4 is 10.4 Å². The Bertz CT molecular complexity index is 584. The molecule has 0 radical (unpaired) electrons. The van der Waals surface area contributed by atoms with E-state index in [1.165, 1.54) is 42.5 Å². The second-order valence-corrected chi connectivity index (χ2v) is 10.2. The SMILES string of the molecule is CCCCCCO[Si](OC1CCCC1)(c1ccccc1)c1ccccc1. The van der Waals surface area contributed by atoms with Crippen LogP contribution in [0, 0.1) is 0 Å². The number of unbranched alkanes of at least 4 members (excludes halogenated alkanes) is 3. The Morgan fingerprint density at radius 1 is 0.808 bits per heavy atom. The van der Waals surface area contributed by atoms with Gasteiger partial charge in [-0.05, 0) is 29.6 Å². The van der Waals surface area contributed by atoms with E-state index in [1.807, 2.05) is 0 Å². The van der Waals surface area contributed by atoms with E-state index >= 15 is 0 Å². The fourth-order valence-corrected chi connectivity index (χ4v) is 7.21. The summed E-state index contributed by atoms with van der Waals surface area (Å²) in [6.45, 7) is 3.03. The molecule has 2 aromatic carbocycles. The van der Waals surface area contributed by atoms with E-state index in [2.05, 4.69) is 67.6 Å². The van der Waals surface area contributed by atoms with Crippen LogP contribution in [0.15, 0.2) is 60.7 Å². The summed E-state index contributed by atoms with van der Waals surface area (Å²) in [5.74, 6) is 0. The number of benzene rings is 2. The molecule has 1 fully saturated rings. The summed E-state index contributed by atoms with van der Waals surface area (Å²) < 4.78 is 13.6. The van der Waals surface area contributed by atoms with Gasteiger partial charge in [-0.25, -0.2) is 0 Å². The van der Waals surface area contributed by atoms with E-state index in [0.29, 0.717) is 6.10 Å². The predicted octanol–water partition coefficient (Wildman–Crippen LogP) is 4.80. The summed E-state index contributed by atoms with van der Waals surface area (Å²) in [6, 6.07) is 21.4. The largest absolute Gasteiger partial charge is 0.407 e. The van der Waals surface area contributed by atoms with Gasteiger partial charge in [-0.3, -0.25) is 0 Å². The topological polar surface area (TPSA) is 18.5 Å². The lowest BCUT2D eigenvalue weighted by atomic mass is 10.2. The van der Waals surface area contributed by atoms with Crippen molar-refractivity contribution in [3.05, 3.63) is 60.7 Å². The summed E-state index contributed by atoms with van der Waals surface area (Å²) in [6.07, 6.45) is 10.1. The second kappa shape index (κ2) is 10.1. The lowest BCUT2D eigenvalue weighted by molar-refractivity contribution is 0.133. The normalized spacial score (nSPS) is 15.4. The molecule has 1 aliphatic carbocycles. The molecule has 0 atom stereocenters. The summed E-state index contributed by atoms with van der Waals surface area (Å²) in [4.78, 5) is 0. The quantitative estimate of drug-likeness (QED) is 0.443. The van der Waals surface area contributed by atoms with Gasteiger partial charge in [0.25, 0.3) is 0 Å². The summed E-state index contributed by atoms with van der Waals surface area (Å²) >= 11 is 0. The minimum absolute atomic E-state index is 0.331. The van der Waals surface area contributed by atoms with Crippen molar-refractivity contribution in [1.82, 2.24) is 0 Å². The van der Waals surface area contributed by atoms with Crippen molar-refractivity contribution in [1.29, 1.82) is 0 Å². The first-order chi connectivity index (χ1) is 12.8. The van der Waals surface area contributed by atoms with Gasteiger partial charge in [0.2, 0.25) is 0 Å². The van der Waals surface area contributed by atoms with Gasteiger partial charge in [0.1, 0.15) is 0 Å². The van der Waals surface area contributed by atoms with Crippen LogP contribution in [0.2, 0.25) is 0 Å². The molecule has 3 heteroatoms. The third-order valence-electron chi connectivity index (χ3n) is 5.25. The summed E-state index contributed by atoms with van der Waals surface area (Å²) in [5.41, 5.74) is 0. The highest BCUT2D eigenvalue weighted by atomic mass is 28.4. The molecule has 0 bridgehead atoms. The molecule has 0 heterocycles. The Balaban J connectivity index is 1.90. The predicted molar refractivity (Wildman–Crippen MR) is 111 cm³/mol. The van der Waals surface area contributed by atoms with Gasteiger partial charge < -0.3 is 8.85 Å². The molecule has 0 aliphatic heterocycles. The van der Waals surface area contributed by atoms with E-state index < -0.39 is 8.56 Å². The molecular formula is C23H32O2Si. The standard InChI is InChI=1S/C23H32O2Si/c1-2-3-4-13-20-24-26(22-16-7-5-8-17-22,23-18-9-6-10-19-23)25-21-14-11-12-15-21/h5-10,16-19,21H,2-4,11-15,20H2,1H3. The molecule has 3 rings (SSSR count). The molecular weight excluding hydrogens is 336 g/mol. The molecule has 0 amide bonds. The van der Waals surface area contributed by atoms with Gasteiger partial charge in [-0.2, -0.15) is 0 Å². The van der Waals surface area contributed by atoms with Gasteiger partial charge in [-0.15, -0.1) is 0 Å². The van der Waals surface area contributed by atoms with Crippen LogP contribution in [-0.2, 0) is 8.85 Å². The van der Waals surface area contributed by atoms with Crippen molar-refractivity contribution in [2.45, 2.75) is 64.4 Å². The highest BCUT2D eigenvalue weighted by molar-refractivity contribution is 6.92. The van der Waals surface area contributed by atoms with Crippen LogP contribution in [0.4, 0.5) is 0 Å². The molecule has 2 nitrogen and oxygen atoms in total. The molecule has 140 valence electrons. The van der Waals surface area contributed by atoms with Gasteiger partial charge in [-0.1, -0.05) is 99.7 Å².